The minimum atomic E-state index is -3.80. The van der Waals surface area contributed by atoms with Gasteiger partial charge in [0.1, 0.15) is 24.5 Å². The number of aliphatic hydroxyl groups is 1. The van der Waals surface area contributed by atoms with Crippen molar-refractivity contribution in [2.24, 2.45) is 7.05 Å². The third-order valence-corrected chi connectivity index (χ3v) is 3.94. The van der Waals surface area contributed by atoms with Gasteiger partial charge in [-0.15, -0.1) is 10.2 Å². The zero-order chi connectivity index (χ0) is 14.0. The van der Waals surface area contributed by atoms with Crippen LogP contribution >= 0.6 is 0 Å². The highest BCUT2D eigenvalue weighted by atomic mass is 32.2. The van der Waals surface area contributed by atoms with Crippen LogP contribution in [0.1, 0.15) is 24.6 Å². The van der Waals surface area contributed by atoms with E-state index in [1.807, 2.05) is 0 Å². The van der Waals surface area contributed by atoms with E-state index >= 15 is 0 Å². The molecule has 0 aliphatic carbocycles. The number of rotatable bonds is 5. The summed E-state index contributed by atoms with van der Waals surface area (Å²) in [4.78, 5) is 0. The van der Waals surface area contributed by atoms with Crippen LogP contribution in [-0.2, 0) is 23.7 Å². The number of hydrogen-bond donors (Lipinski definition) is 2. The van der Waals surface area contributed by atoms with E-state index < -0.39 is 16.1 Å². The Morgan fingerprint density at radius 1 is 1.53 bits per heavy atom. The summed E-state index contributed by atoms with van der Waals surface area (Å²) in [5.41, 5.74) is 0. The maximum absolute atomic E-state index is 12.0. The molecule has 2 rings (SSSR count). The summed E-state index contributed by atoms with van der Waals surface area (Å²) in [6, 6.07) is 2.14. The van der Waals surface area contributed by atoms with Crippen molar-refractivity contribution in [3.8, 4) is 0 Å². The average Bonchev–Trinajstić information content (AvgIpc) is 2.96. The molecule has 2 aromatic heterocycles. The first-order valence-corrected chi connectivity index (χ1v) is 6.98. The second-order valence-electron chi connectivity index (χ2n) is 4.02. The lowest BCUT2D eigenvalue weighted by molar-refractivity contribution is 0.236. The fourth-order valence-electron chi connectivity index (χ4n) is 1.62. The van der Waals surface area contributed by atoms with E-state index in [9.17, 15) is 8.42 Å². The monoisotopic (exact) mass is 286 g/mol. The molecular weight excluding hydrogens is 272 g/mol. The highest BCUT2D eigenvalue weighted by Crippen LogP contribution is 2.17. The highest BCUT2D eigenvalue weighted by molar-refractivity contribution is 7.89. The third kappa shape index (κ3) is 2.83. The second kappa shape index (κ2) is 5.11. The van der Waals surface area contributed by atoms with E-state index in [4.69, 9.17) is 9.52 Å². The third-order valence-electron chi connectivity index (χ3n) is 2.52. The van der Waals surface area contributed by atoms with Crippen molar-refractivity contribution < 1.29 is 17.9 Å². The molecule has 19 heavy (non-hydrogen) atoms. The minimum absolute atomic E-state index is 0.187. The van der Waals surface area contributed by atoms with Gasteiger partial charge in [0.05, 0.1) is 6.04 Å². The van der Waals surface area contributed by atoms with Crippen molar-refractivity contribution in [3.05, 3.63) is 30.0 Å². The molecule has 0 aliphatic rings. The molecule has 2 N–H and O–H groups in total. The van der Waals surface area contributed by atoms with E-state index in [2.05, 4.69) is 14.9 Å². The first-order chi connectivity index (χ1) is 8.94. The van der Waals surface area contributed by atoms with Crippen LogP contribution in [0.25, 0.3) is 0 Å². The Bertz CT molecular complexity index is 661. The molecular formula is C10H14N4O4S. The molecule has 0 radical (unpaired) electrons. The molecule has 1 unspecified atom stereocenters. The van der Waals surface area contributed by atoms with Gasteiger partial charge in [0.2, 0.25) is 5.09 Å². The molecule has 9 heteroatoms. The SMILES string of the molecule is CC(NS(=O)(=O)c1ccc(CO)o1)c1nncn1C. The summed E-state index contributed by atoms with van der Waals surface area (Å²) in [6.45, 7) is 1.30. The summed E-state index contributed by atoms with van der Waals surface area (Å²) in [6.07, 6.45) is 1.48. The van der Waals surface area contributed by atoms with Gasteiger partial charge in [-0.2, -0.15) is 4.72 Å². The summed E-state index contributed by atoms with van der Waals surface area (Å²) < 4.78 is 33.1. The number of hydrogen-bond acceptors (Lipinski definition) is 6. The fourth-order valence-corrected chi connectivity index (χ4v) is 2.77. The number of aryl methyl sites for hydroxylation is 1. The number of sulfonamides is 1. The smallest absolute Gasteiger partial charge is 0.274 e. The van der Waals surface area contributed by atoms with Gasteiger partial charge in [-0.05, 0) is 19.1 Å². The molecule has 8 nitrogen and oxygen atoms in total. The van der Waals surface area contributed by atoms with Crippen LogP contribution in [0.15, 0.2) is 28.0 Å². The maximum Gasteiger partial charge on any atom is 0.274 e. The van der Waals surface area contributed by atoms with Gasteiger partial charge in [-0.25, -0.2) is 8.42 Å². The largest absolute Gasteiger partial charge is 0.446 e. The van der Waals surface area contributed by atoms with Gasteiger partial charge in [-0.3, -0.25) is 0 Å². The average molecular weight is 286 g/mol. The molecule has 0 aromatic carbocycles. The summed E-state index contributed by atoms with van der Waals surface area (Å²) in [5, 5.41) is 16.1. The molecule has 0 fully saturated rings. The van der Waals surface area contributed by atoms with E-state index in [1.165, 1.54) is 18.5 Å². The van der Waals surface area contributed by atoms with Gasteiger partial charge < -0.3 is 14.1 Å². The zero-order valence-corrected chi connectivity index (χ0v) is 11.3. The van der Waals surface area contributed by atoms with E-state index in [-0.39, 0.29) is 17.5 Å². The molecule has 0 saturated carbocycles. The van der Waals surface area contributed by atoms with E-state index in [0.717, 1.165) is 0 Å². The number of furan rings is 1. The Morgan fingerprint density at radius 3 is 2.79 bits per heavy atom. The van der Waals surface area contributed by atoms with Crippen LogP contribution in [0.3, 0.4) is 0 Å². The lowest BCUT2D eigenvalue weighted by atomic mass is 10.3. The Hall–Kier alpha value is -1.71. The number of aromatic nitrogens is 3. The van der Waals surface area contributed by atoms with Crippen molar-refractivity contribution in [2.45, 2.75) is 24.7 Å². The van der Waals surface area contributed by atoms with Gasteiger partial charge in [-0.1, -0.05) is 0 Å². The lowest BCUT2D eigenvalue weighted by Gasteiger charge is -2.11. The van der Waals surface area contributed by atoms with E-state index in [1.54, 1.807) is 18.5 Å². The Morgan fingerprint density at radius 2 is 2.26 bits per heavy atom. The van der Waals surface area contributed by atoms with Gasteiger partial charge in [0, 0.05) is 7.05 Å². The second-order valence-corrected chi connectivity index (χ2v) is 5.67. The van der Waals surface area contributed by atoms with Crippen molar-refractivity contribution in [3.63, 3.8) is 0 Å². The molecule has 0 bridgehead atoms. The van der Waals surface area contributed by atoms with Crippen LogP contribution < -0.4 is 4.72 Å². The Kier molecular flexibility index (Phi) is 3.69. The van der Waals surface area contributed by atoms with Crippen LogP contribution in [-0.4, -0.2) is 28.3 Å². The number of aliphatic hydroxyl groups excluding tert-OH is 1. The quantitative estimate of drug-likeness (QED) is 0.796. The first kappa shape index (κ1) is 13.7. The zero-order valence-electron chi connectivity index (χ0n) is 10.4. The van der Waals surface area contributed by atoms with Crippen LogP contribution in [0, 0.1) is 0 Å². The predicted octanol–water partition coefficient (Wildman–Crippen LogP) is -0.0601. The Labute approximate surface area is 110 Å². The highest BCUT2D eigenvalue weighted by Gasteiger charge is 2.23. The van der Waals surface area contributed by atoms with Crippen molar-refractivity contribution in [1.29, 1.82) is 0 Å². The van der Waals surface area contributed by atoms with Crippen LogP contribution in [0.4, 0.5) is 0 Å². The number of nitrogens with zero attached hydrogens (tertiary/aromatic N) is 3. The molecule has 0 amide bonds. The van der Waals surface area contributed by atoms with Crippen LogP contribution in [0.2, 0.25) is 0 Å². The summed E-state index contributed by atoms with van der Waals surface area (Å²) in [5.74, 6) is 0.671. The minimum Gasteiger partial charge on any atom is -0.446 e. The molecule has 0 saturated heterocycles. The molecule has 0 aliphatic heterocycles. The predicted molar refractivity (Wildman–Crippen MR) is 64.4 cm³/mol. The summed E-state index contributed by atoms with van der Waals surface area (Å²) in [7, 11) is -2.08. The standard InChI is InChI=1S/C10H14N4O4S/c1-7(10-12-11-6-14(10)2)13-19(16,17)9-4-3-8(5-15)18-9/h3-4,6-7,13,15H,5H2,1-2H3. The lowest BCUT2D eigenvalue weighted by Crippen LogP contribution is -2.28. The van der Waals surface area contributed by atoms with Crippen LogP contribution in [0.5, 0.6) is 0 Å². The topological polar surface area (TPSA) is 110 Å². The first-order valence-electron chi connectivity index (χ1n) is 5.50. The molecule has 0 spiro atoms. The van der Waals surface area contributed by atoms with Gasteiger partial charge in [0.25, 0.3) is 10.0 Å². The molecule has 2 aromatic rings. The van der Waals surface area contributed by atoms with Crippen molar-refractivity contribution in [1.82, 2.24) is 19.5 Å². The fraction of sp³-hybridized carbons (Fsp3) is 0.400. The van der Waals surface area contributed by atoms with Crippen molar-refractivity contribution >= 4 is 10.0 Å². The van der Waals surface area contributed by atoms with Crippen molar-refractivity contribution in [2.75, 3.05) is 0 Å². The van der Waals surface area contributed by atoms with Gasteiger partial charge >= 0.3 is 0 Å². The normalized spacial score (nSPS) is 13.6. The van der Waals surface area contributed by atoms with E-state index in [0.29, 0.717) is 5.82 Å². The molecule has 104 valence electrons. The molecule has 1 atom stereocenters. The maximum atomic E-state index is 12.0. The number of nitrogens with one attached hydrogen (secondary N) is 1. The van der Waals surface area contributed by atoms with Gasteiger partial charge in [0.15, 0.2) is 0 Å². The Balaban J connectivity index is 2.20. The molecule has 2 heterocycles. The summed E-state index contributed by atoms with van der Waals surface area (Å²) >= 11 is 0.